The molecule has 1 aliphatic heterocycles. The Bertz CT molecular complexity index is 669. The Morgan fingerprint density at radius 3 is 2.38 bits per heavy atom. The van der Waals surface area contributed by atoms with E-state index in [2.05, 4.69) is 36.1 Å². The molecule has 2 aromatic rings. The van der Waals surface area contributed by atoms with Crippen molar-refractivity contribution in [3.63, 3.8) is 0 Å². The molecule has 2 aromatic carbocycles. The third kappa shape index (κ3) is 5.09. The Morgan fingerprint density at radius 2 is 1.77 bits per heavy atom. The van der Waals surface area contributed by atoms with Gasteiger partial charge in [0.05, 0.1) is 12.6 Å². The van der Waals surface area contributed by atoms with Gasteiger partial charge in [-0.15, -0.1) is 0 Å². The number of benzene rings is 2. The normalized spacial score (nSPS) is 16.4. The van der Waals surface area contributed by atoms with Crippen LogP contribution in [0.15, 0.2) is 60.7 Å². The average Bonchev–Trinajstić information content (AvgIpc) is 3.20. The number of nitrogens with zero attached hydrogens (tertiary/aromatic N) is 2. The molecule has 1 atom stereocenters. The molecule has 4 heteroatoms. The minimum absolute atomic E-state index is 0.148. The van der Waals surface area contributed by atoms with E-state index in [9.17, 15) is 4.79 Å². The molecule has 1 aliphatic rings. The van der Waals surface area contributed by atoms with E-state index in [1.54, 1.807) is 0 Å². The van der Waals surface area contributed by atoms with Gasteiger partial charge in [0.25, 0.3) is 0 Å². The first-order valence-corrected chi connectivity index (χ1v) is 9.49. The van der Waals surface area contributed by atoms with Crippen LogP contribution in [-0.4, -0.2) is 43.2 Å². The number of rotatable bonds is 8. The van der Waals surface area contributed by atoms with Crippen LogP contribution in [0.25, 0.3) is 0 Å². The lowest BCUT2D eigenvalue weighted by Crippen LogP contribution is -2.43. The number of ether oxygens (including phenoxy) is 1. The molecule has 0 aromatic heterocycles. The van der Waals surface area contributed by atoms with Crippen molar-refractivity contribution in [2.24, 2.45) is 0 Å². The second kappa shape index (κ2) is 9.39. The maximum atomic E-state index is 13.1. The predicted molar refractivity (Wildman–Crippen MR) is 105 cm³/mol. The number of carbonyl (C=O) groups excluding carboxylic acids is 1. The molecule has 0 saturated carbocycles. The van der Waals surface area contributed by atoms with E-state index in [0.29, 0.717) is 19.6 Å². The second-order valence-electron chi connectivity index (χ2n) is 6.74. The highest BCUT2D eigenvalue weighted by Crippen LogP contribution is 2.17. The molecule has 0 aliphatic carbocycles. The van der Waals surface area contributed by atoms with E-state index >= 15 is 0 Å². The summed E-state index contributed by atoms with van der Waals surface area (Å²) in [5, 5.41) is 0. The van der Waals surface area contributed by atoms with Crippen molar-refractivity contribution in [2.45, 2.75) is 32.4 Å². The van der Waals surface area contributed by atoms with E-state index in [1.165, 1.54) is 0 Å². The molecular weight excluding hydrogens is 324 g/mol. The fraction of sp³-hybridized carbons (Fsp3) is 0.409. The van der Waals surface area contributed by atoms with Gasteiger partial charge in [-0.1, -0.05) is 48.5 Å². The fourth-order valence-corrected chi connectivity index (χ4v) is 3.38. The molecular formula is C22H28N2O2. The topological polar surface area (TPSA) is 32.8 Å². The van der Waals surface area contributed by atoms with Gasteiger partial charge in [-0.05, 0) is 37.5 Å². The van der Waals surface area contributed by atoms with E-state index < -0.39 is 0 Å². The molecule has 0 bridgehead atoms. The zero-order chi connectivity index (χ0) is 18.2. The quantitative estimate of drug-likeness (QED) is 0.726. The minimum Gasteiger partial charge on any atom is -0.376 e. The van der Waals surface area contributed by atoms with Gasteiger partial charge in [-0.3, -0.25) is 4.79 Å². The number of anilines is 1. The Labute approximate surface area is 156 Å². The molecule has 1 heterocycles. The summed E-state index contributed by atoms with van der Waals surface area (Å²) in [6.07, 6.45) is 2.28. The molecule has 138 valence electrons. The van der Waals surface area contributed by atoms with Crippen LogP contribution >= 0.6 is 0 Å². The molecule has 3 rings (SSSR count). The van der Waals surface area contributed by atoms with Gasteiger partial charge in [0.2, 0.25) is 5.91 Å². The highest BCUT2D eigenvalue weighted by molar-refractivity contribution is 5.81. The van der Waals surface area contributed by atoms with Gasteiger partial charge in [-0.2, -0.15) is 0 Å². The van der Waals surface area contributed by atoms with Crippen LogP contribution in [0.4, 0.5) is 5.69 Å². The lowest BCUT2D eigenvalue weighted by molar-refractivity contribution is -0.132. The van der Waals surface area contributed by atoms with Gasteiger partial charge in [-0.25, -0.2) is 0 Å². The van der Waals surface area contributed by atoms with Crippen molar-refractivity contribution in [1.82, 2.24) is 4.90 Å². The lowest BCUT2D eigenvalue weighted by atomic mass is 10.1. The molecule has 1 unspecified atom stereocenters. The summed E-state index contributed by atoms with van der Waals surface area (Å²) in [6.45, 7) is 5.38. The Kier molecular flexibility index (Phi) is 6.67. The van der Waals surface area contributed by atoms with Crippen molar-refractivity contribution >= 4 is 11.6 Å². The Hall–Kier alpha value is -2.33. The summed E-state index contributed by atoms with van der Waals surface area (Å²) >= 11 is 0. The van der Waals surface area contributed by atoms with Crippen molar-refractivity contribution < 1.29 is 9.53 Å². The molecule has 0 radical (unpaired) electrons. The number of hydrogen-bond acceptors (Lipinski definition) is 3. The Morgan fingerprint density at radius 1 is 1.08 bits per heavy atom. The molecule has 26 heavy (non-hydrogen) atoms. The van der Waals surface area contributed by atoms with Crippen LogP contribution in [-0.2, 0) is 16.1 Å². The van der Waals surface area contributed by atoms with E-state index in [-0.39, 0.29) is 12.0 Å². The first-order chi connectivity index (χ1) is 12.8. The standard InChI is InChI=1S/C22H28N2O2/c1-2-23(20-12-7-4-8-13-20)18-22(25)24(17-21-14-9-15-26-21)16-19-10-5-3-6-11-19/h3-8,10-13,21H,2,9,14-18H2,1H3. The van der Waals surface area contributed by atoms with Gasteiger partial charge < -0.3 is 14.5 Å². The lowest BCUT2D eigenvalue weighted by Gasteiger charge is -2.29. The average molecular weight is 352 g/mol. The summed E-state index contributed by atoms with van der Waals surface area (Å²) in [4.78, 5) is 17.2. The maximum Gasteiger partial charge on any atom is 0.242 e. The number of amides is 1. The fourth-order valence-electron chi connectivity index (χ4n) is 3.38. The molecule has 1 amide bonds. The van der Waals surface area contributed by atoms with Crippen LogP contribution in [0.2, 0.25) is 0 Å². The van der Waals surface area contributed by atoms with Crippen LogP contribution in [0.3, 0.4) is 0 Å². The third-order valence-corrected chi connectivity index (χ3v) is 4.85. The van der Waals surface area contributed by atoms with Gasteiger partial charge in [0, 0.05) is 31.9 Å². The SMILES string of the molecule is CCN(CC(=O)N(Cc1ccccc1)CC1CCCO1)c1ccccc1. The van der Waals surface area contributed by atoms with Crippen molar-refractivity contribution in [2.75, 3.05) is 31.1 Å². The highest BCUT2D eigenvalue weighted by atomic mass is 16.5. The first kappa shape index (κ1) is 18.5. The summed E-state index contributed by atoms with van der Waals surface area (Å²) in [7, 11) is 0. The number of hydrogen-bond donors (Lipinski definition) is 0. The van der Waals surface area contributed by atoms with Crippen LogP contribution in [0.1, 0.15) is 25.3 Å². The minimum atomic E-state index is 0.148. The second-order valence-corrected chi connectivity index (χ2v) is 6.74. The van der Waals surface area contributed by atoms with E-state index in [4.69, 9.17) is 4.74 Å². The molecule has 0 N–H and O–H groups in total. The number of likely N-dealkylation sites (N-methyl/N-ethyl adjacent to an activating group) is 1. The predicted octanol–water partition coefficient (Wildman–Crippen LogP) is 3.72. The van der Waals surface area contributed by atoms with Gasteiger partial charge in [0.15, 0.2) is 0 Å². The molecule has 1 fully saturated rings. The number of para-hydroxylation sites is 1. The summed E-state index contributed by atoms with van der Waals surface area (Å²) < 4.78 is 5.78. The summed E-state index contributed by atoms with van der Waals surface area (Å²) in [6, 6.07) is 20.3. The maximum absolute atomic E-state index is 13.1. The number of carbonyl (C=O) groups is 1. The van der Waals surface area contributed by atoms with Crippen molar-refractivity contribution in [1.29, 1.82) is 0 Å². The van der Waals surface area contributed by atoms with Gasteiger partial charge >= 0.3 is 0 Å². The molecule has 1 saturated heterocycles. The van der Waals surface area contributed by atoms with Crippen molar-refractivity contribution in [3.05, 3.63) is 66.2 Å². The van der Waals surface area contributed by atoms with Crippen LogP contribution < -0.4 is 4.90 Å². The molecule has 0 spiro atoms. The monoisotopic (exact) mass is 352 g/mol. The smallest absolute Gasteiger partial charge is 0.242 e. The highest BCUT2D eigenvalue weighted by Gasteiger charge is 2.24. The van der Waals surface area contributed by atoms with Crippen molar-refractivity contribution in [3.8, 4) is 0 Å². The van der Waals surface area contributed by atoms with Gasteiger partial charge in [0.1, 0.15) is 0 Å². The zero-order valence-electron chi connectivity index (χ0n) is 15.5. The van der Waals surface area contributed by atoms with Crippen LogP contribution in [0, 0.1) is 0 Å². The first-order valence-electron chi connectivity index (χ1n) is 9.49. The van der Waals surface area contributed by atoms with E-state index in [0.717, 1.165) is 37.2 Å². The zero-order valence-corrected chi connectivity index (χ0v) is 15.5. The third-order valence-electron chi connectivity index (χ3n) is 4.85. The summed E-state index contributed by atoms with van der Waals surface area (Å²) in [5.74, 6) is 0.148. The largest absolute Gasteiger partial charge is 0.376 e. The van der Waals surface area contributed by atoms with E-state index in [1.807, 2.05) is 41.3 Å². The summed E-state index contributed by atoms with van der Waals surface area (Å²) in [5.41, 5.74) is 2.24. The Balaban J connectivity index is 1.70. The molecule has 4 nitrogen and oxygen atoms in total. The van der Waals surface area contributed by atoms with Crippen LogP contribution in [0.5, 0.6) is 0 Å².